The highest BCUT2D eigenvalue weighted by atomic mass is 16.6. The lowest BCUT2D eigenvalue weighted by Crippen LogP contribution is -2.33. The van der Waals surface area contributed by atoms with E-state index in [4.69, 9.17) is 13.9 Å². The minimum absolute atomic E-state index is 0.0180. The van der Waals surface area contributed by atoms with E-state index in [1.807, 2.05) is 0 Å². The molecule has 32 heavy (non-hydrogen) atoms. The number of aliphatic hydroxyl groups is 1. The van der Waals surface area contributed by atoms with Crippen LogP contribution in [0.4, 0.5) is 0 Å². The third-order valence-electron chi connectivity index (χ3n) is 5.94. The summed E-state index contributed by atoms with van der Waals surface area (Å²) in [7, 11) is 0. The zero-order chi connectivity index (χ0) is 22.7. The molecule has 0 bridgehead atoms. The summed E-state index contributed by atoms with van der Waals surface area (Å²) < 4.78 is 16.7. The lowest BCUT2D eigenvalue weighted by molar-refractivity contribution is -0.140. The number of furan rings is 1. The van der Waals surface area contributed by atoms with E-state index in [1.54, 1.807) is 30.3 Å². The van der Waals surface area contributed by atoms with Crippen LogP contribution < -0.4 is 9.47 Å². The molecule has 1 N–H and O–H groups in total. The number of likely N-dealkylation sites (tertiary alicyclic amines) is 1. The van der Waals surface area contributed by atoms with Crippen molar-refractivity contribution in [3.8, 4) is 11.5 Å². The van der Waals surface area contributed by atoms with Crippen molar-refractivity contribution in [1.82, 2.24) is 9.80 Å². The summed E-state index contributed by atoms with van der Waals surface area (Å²) in [5, 5.41) is 11.1. The highest BCUT2D eigenvalue weighted by molar-refractivity contribution is 6.46. The molecule has 8 heteroatoms. The first-order valence-electron chi connectivity index (χ1n) is 11.0. The molecule has 1 aromatic carbocycles. The molecule has 1 aromatic heterocycles. The molecule has 0 aliphatic carbocycles. The van der Waals surface area contributed by atoms with Gasteiger partial charge < -0.3 is 28.8 Å². The van der Waals surface area contributed by atoms with Gasteiger partial charge in [-0.25, -0.2) is 0 Å². The van der Waals surface area contributed by atoms with Crippen molar-refractivity contribution in [3.05, 3.63) is 53.5 Å². The quantitative estimate of drug-likeness (QED) is 0.383. The van der Waals surface area contributed by atoms with Crippen molar-refractivity contribution in [1.29, 1.82) is 0 Å². The Hall–Kier alpha value is -3.26. The highest BCUT2D eigenvalue weighted by Gasteiger charge is 2.47. The Kier molecular flexibility index (Phi) is 6.50. The average molecular weight is 440 g/mol. The first kappa shape index (κ1) is 22.0. The molecule has 2 aliphatic rings. The van der Waals surface area contributed by atoms with E-state index < -0.39 is 17.7 Å². The third-order valence-corrected chi connectivity index (χ3v) is 5.94. The second-order valence-corrected chi connectivity index (χ2v) is 7.75. The van der Waals surface area contributed by atoms with Gasteiger partial charge in [-0.1, -0.05) is 13.8 Å². The molecular formula is C24H28N2O6. The number of aliphatic hydroxyl groups excluding tert-OH is 1. The van der Waals surface area contributed by atoms with Crippen LogP contribution in [-0.4, -0.2) is 66.0 Å². The second kappa shape index (κ2) is 9.48. The maximum absolute atomic E-state index is 13.0. The van der Waals surface area contributed by atoms with E-state index >= 15 is 0 Å². The maximum atomic E-state index is 13.0. The zero-order valence-corrected chi connectivity index (χ0v) is 18.4. The van der Waals surface area contributed by atoms with E-state index in [1.165, 1.54) is 11.2 Å². The summed E-state index contributed by atoms with van der Waals surface area (Å²) in [6, 6.07) is 7.59. The number of rotatable bonds is 8. The Labute approximate surface area is 187 Å². The number of hydrogen-bond donors (Lipinski definition) is 1. The van der Waals surface area contributed by atoms with Crippen LogP contribution >= 0.6 is 0 Å². The van der Waals surface area contributed by atoms with Crippen LogP contribution in [0.5, 0.6) is 11.5 Å². The number of ketones is 1. The largest absolute Gasteiger partial charge is 0.507 e. The normalized spacial score (nSPS) is 19.7. The van der Waals surface area contributed by atoms with Crippen molar-refractivity contribution in [3.63, 3.8) is 0 Å². The summed E-state index contributed by atoms with van der Waals surface area (Å²) in [6.45, 7) is 8.06. The topological polar surface area (TPSA) is 92.5 Å². The zero-order valence-electron chi connectivity index (χ0n) is 18.4. The summed E-state index contributed by atoms with van der Waals surface area (Å²) >= 11 is 0. The number of amides is 1. The molecule has 0 saturated carbocycles. The van der Waals surface area contributed by atoms with E-state index in [2.05, 4.69) is 18.7 Å². The lowest BCUT2D eigenvalue weighted by atomic mass is 9.99. The molecule has 1 atom stereocenters. The van der Waals surface area contributed by atoms with Crippen molar-refractivity contribution < 1.29 is 28.6 Å². The molecule has 8 nitrogen and oxygen atoms in total. The van der Waals surface area contributed by atoms with Crippen LogP contribution in [0.2, 0.25) is 0 Å². The smallest absolute Gasteiger partial charge is 0.295 e. The summed E-state index contributed by atoms with van der Waals surface area (Å²) in [6.07, 6.45) is 2.20. The van der Waals surface area contributed by atoms with Crippen LogP contribution in [0.25, 0.3) is 5.76 Å². The number of carbonyl (C=O) groups is 2. The van der Waals surface area contributed by atoms with E-state index in [0.717, 1.165) is 19.6 Å². The van der Waals surface area contributed by atoms with Crippen molar-refractivity contribution in [2.24, 2.45) is 0 Å². The molecule has 170 valence electrons. The molecule has 3 heterocycles. The summed E-state index contributed by atoms with van der Waals surface area (Å²) in [4.78, 5) is 29.7. The van der Waals surface area contributed by atoms with Gasteiger partial charge in [0, 0.05) is 12.1 Å². The van der Waals surface area contributed by atoms with Crippen LogP contribution in [0.15, 0.2) is 46.6 Å². The van der Waals surface area contributed by atoms with Gasteiger partial charge in [-0.15, -0.1) is 0 Å². The highest BCUT2D eigenvalue weighted by Crippen LogP contribution is 2.41. The van der Waals surface area contributed by atoms with Gasteiger partial charge in [-0.05, 0) is 56.4 Å². The molecule has 0 spiro atoms. The minimum Gasteiger partial charge on any atom is -0.507 e. The van der Waals surface area contributed by atoms with Crippen LogP contribution in [-0.2, 0) is 9.59 Å². The molecule has 2 aromatic rings. The second-order valence-electron chi connectivity index (χ2n) is 7.75. The monoisotopic (exact) mass is 440 g/mol. The van der Waals surface area contributed by atoms with Gasteiger partial charge >= 0.3 is 0 Å². The first-order chi connectivity index (χ1) is 15.5. The Bertz CT molecular complexity index is 1010. The Balaban J connectivity index is 1.68. The van der Waals surface area contributed by atoms with Gasteiger partial charge in [0.25, 0.3) is 11.7 Å². The number of ether oxygens (including phenoxy) is 2. The van der Waals surface area contributed by atoms with Gasteiger partial charge in [0.2, 0.25) is 0 Å². The maximum Gasteiger partial charge on any atom is 0.295 e. The Morgan fingerprint density at radius 1 is 1.12 bits per heavy atom. The number of hydrogen-bond acceptors (Lipinski definition) is 7. The minimum atomic E-state index is -0.782. The van der Waals surface area contributed by atoms with Crippen LogP contribution in [0.1, 0.15) is 37.6 Å². The van der Waals surface area contributed by atoms with Gasteiger partial charge in [0.1, 0.15) is 30.8 Å². The Morgan fingerprint density at radius 3 is 2.56 bits per heavy atom. The fourth-order valence-corrected chi connectivity index (χ4v) is 4.20. The number of nitrogens with zero attached hydrogens (tertiary/aromatic N) is 2. The Morgan fingerprint density at radius 2 is 1.88 bits per heavy atom. The lowest BCUT2D eigenvalue weighted by Gasteiger charge is -2.25. The van der Waals surface area contributed by atoms with Crippen molar-refractivity contribution in [2.75, 3.05) is 39.4 Å². The molecular weight excluding hydrogens is 412 g/mol. The molecule has 1 amide bonds. The van der Waals surface area contributed by atoms with Gasteiger partial charge in [0.05, 0.1) is 11.8 Å². The SMILES string of the molecule is CCN(CC)CCCN1C(=O)C(=O)C(=C(O)c2ccc3c(c2)OCCO3)[C@H]1c1ccco1. The molecule has 2 aliphatic heterocycles. The number of benzene rings is 1. The third kappa shape index (κ3) is 4.10. The standard InChI is InChI=1S/C24H28N2O6/c1-3-25(4-2)10-6-11-26-21(18-7-5-12-30-18)20(23(28)24(26)29)22(27)16-8-9-17-19(15-16)32-14-13-31-17/h5,7-9,12,15,21,27H,3-4,6,10-11,13-14H2,1-2H3/t21-/m1/s1. The van der Waals surface area contributed by atoms with E-state index in [-0.39, 0.29) is 11.3 Å². The fourth-order valence-electron chi connectivity index (χ4n) is 4.20. The fraction of sp³-hybridized carbons (Fsp3) is 0.417. The molecule has 1 saturated heterocycles. The predicted molar refractivity (Wildman–Crippen MR) is 118 cm³/mol. The number of Topliss-reactive ketones (excluding diaryl/α,β-unsaturated/α-hetero) is 1. The van der Waals surface area contributed by atoms with Crippen molar-refractivity contribution in [2.45, 2.75) is 26.3 Å². The molecule has 0 unspecified atom stereocenters. The molecule has 0 radical (unpaired) electrons. The van der Waals surface area contributed by atoms with E-state index in [9.17, 15) is 14.7 Å². The van der Waals surface area contributed by atoms with Crippen molar-refractivity contribution >= 4 is 17.4 Å². The average Bonchev–Trinajstić information content (AvgIpc) is 3.43. The number of carbonyl (C=O) groups excluding carboxylic acids is 2. The molecule has 4 rings (SSSR count). The van der Waals surface area contributed by atoms with Gasteiger partial charge in [0.15, 0.2) is 11.5 Å². The summed E-state index contributed by atoms with van der Waals surface area (Å²) in [5.41, 5.74) is 0.399. The summed E-state index contributed by atoms with van der Waals surface area (Å²) in [5.74, 6) is -0.110. The van der Waals surface area contributed by atoms with Crippen LogP contribution in [0.3, 0.4) is 0 Å². The van der Waals surface area contributed by atoms with Gasteiger partial charge in [-0.3, -0.25) is 9.59 Å². The van der Waals surface area contributed by atoms with Gasteiger partial charge in [-0.2, -0.15) is 0 Å². The number of fused-ring (bicyclic) bond motifs is 1. The van der Waals surface area contributed by atoms with Crippen LogP contribution in [0, 0.1) is 0 Å². The first-order valence-corrected chi connectivity index (χ1v) is 11.0. The predicted octanol–water partition coefficient (Wildman–Crippen LogP) is 3.20. The molecule has 1 fully saturated rings. The van der Waals surface area contributed by atoms with E-state index in [0.29, 0.717) is 49.0 Å².